The fraction of sp³-hybridized carbons (Fsp3) is 0.500. The molecule has 0 aliphatic carbocycles. The van der Waals surface area contributed by atoms with Gasteiger partial charge in [-0.1, -0.05) is 0 Å². The van der Waals surface area contributed by atoms with Gasteiger partial charge in [0.05, 0.1) is 12.3 Å². The molecular formula is C10H16N2O2. The van der Waals surface area contributed by atoms with Gasteiger partial charge in [-0.15, -0.1) is 0 Å². The lowest BCUT2D eigenvalue weighted by molar-refractivity contribution is 0.257. The Morgan fingerprint density at radius 1 is 1.50 bits per heavy atom. The number of ether oxygens (including phenoxy) is 1. The molecular weight excluding hydrogens is 180 g/mol. The normalized spacial score (nSPS) is 10.6. The molecule has 14 heavy (non-hydrogen) atoms. The number of aliphatic hydroxyl groups excluding tert-OH is 1. The maximum Gasteiger partial charge on any atom is 0.122 e. The van der Waals surface area contributed by atoms with Crippen molar-refractivity contribution in [2.45, 2.75) is 6.61 Å². The molecule has 1 aromatic rings. The third kappa shape index (κ3) is 3.72. The summed E-state index contributed by atoms with van der Waals surface area (Å²) in [7, 11) is 3.99. The second-order valence-electron chi connectivity index (χ2n) is 3.29. The zero-order valence-electron chi connectivity index (χ0n) is 8.60. The van der Waals surface area contributed by atoms with E-state index in [0.717, 1.165) is 12.3 Å². The molecule has 0 radical (unpaired) electrons. The molecule has 4 heteroatoms. The zero-order valence-corrected chi connectivity index (χ0v) is 8.60. The zero-order chi connectivity index (χ0) is 10.4. The summed E-state index contributed by atoms with van der Waals surface area (Å²) >= 11 is 0. The van der Waals surface area contributed by atoms with E-state index in [1.54, 1.807) is 18.3 Å². The number of likely N-dealkylation sites (N-methyl/N-ethyl adjacent to an activating group) is 1. The lowest BCUT2D eigenvalue weighted by atomic mass is 10.3. The van der Waals surface area contributed by atoms with Crippen LogP contribution in [-0.4, -0.2) is 42.2 Å². The fourth-order valence-electron chi connectivity index (χ4n) is 0.978. The van der Waals surface area contributed by atoms with Gasteiger partial charge in [-0.25, -0.2) is 0 Å². The third-order valence-electron chi connectivity index (χ3n) is 1.76. The van der Waals surface area contributed by atoms with Crippen molar-refractivity contribution in [1.29, 1.82) is 0 Å². The van der Waals surface area contributed by atoms with E-state index in [1.807, 2.05) is 19.0 Å². The molecule has 0 atom stereocenters. The van der Waals surface area contributed by atoms with E-state index in [0.29, 0.717) is 12.3 Å². The van der Waals surface area contributed by atoms with E-state index in [9.17, 15) is 0 Å². The van der Waals surface area contributed by atoms with E-state index in [4.69, 9.17) is 9.84 Å². The lowest BCUT2D eigenvalue weighted by Gasteiger charge is -2.11. The standard InChI is InChI=1S/C10H16N2O2/c1-12(2)5-6-14-10-3-4-11-9(7-10)8-13/h3-4,7,13H,5-6,8H2,1-2H3. The van der Waals surface area contributed by atoms with Crippen molar-refractivity contribution in [3.05, 3.63) is 24.0 Å². The molecule has 1 aromatic heterocycles. The topological polar surface area (TPSA) is 45.6 Å². The largest absolute Gasteiger partial charge is 0.492 e. The highest BCUT2D eigenvalue weighted by Crippen LogP contribution is 2.10. The molecule has 1 heterocycles. The smallest absolute Gasteiger partial charge is 0.122 e. The first-order chi connectivity index (χ1) is 6.72. The van der Waals surface area contributed by atoms with Crippen LogP contribution in [0.25, 0.3) is 0 Å². The minimum atomic E-state index is -0.0507. The third-order valence-corrected chi connectivity index (χ3v) is 1.76. The van der Waals surface area contributed by atoms with E-state index in [-0.39, 0.29) is 6.61 Å². The molecule has 4 nitrogen and oxygen atoms in total. The number of pyridine rings is 1. The molecule has 0 amide bonds. The monoisotopic (exact) mass is 196 g/mol. The summed E-state index contributed by atoms with van der Waals surface area (Å²) in [5.74, 6) is 0.755. The number of aliphatic hydroxyl groups is 1. The number of aromatic nitrogens is 1. The molecule has 0 fully saturated rings. The van der Waals surface area contributed by atoms with Crippen molar-refractivity contribution < 1.29 is 9.84 Å². The van der Waals surface area contributed by atoms with Gasteiger partial charge in [-0.2, -0.15) is 0 Å². The first-order valence-corrected chi connectivity index (χ1v) is 4.55. The molecule has 78 valence electrons. The van der Waals surface area contributed by atoms with Crippen molar-refractivity contribution >= 4 is 0 Å². The summed E-state index contributed by atoms with van der Waals surface area (Å²) in [5, 5.41) is 8.85. The van der Waals surface area contributed by atoms with Crippen LogP contribution < -0.4 is 4.74 Å². The van der Waals surface area contributed by atoms with Gasteiger partial charge in [0.2, 0.25) is 0 Å². The molecule has 0 aromatic carbocycles. The molecule has 1 rings (SSSR count). The minimum Gasteiger partial charge on any atom is -0.492 e. The molecule has 0 bridgehead atoms. The molecule has 0 spiro atoms. The average Bonchev–Trinajstić information content (AvgIpc) is 2.18. The van der Waals surface area contributed by atoms with Crippen molar-refractivity contribution in [1.82, 2.24) is 9.88 Å². The number of hydrogen-bond donors (Lipinski definition) is 1. The first-order valence-electron chi connectivity index (χ1n) is 4.55. The maximum absolute atomic E-state index is 8.85. The Bertz CT molecular complexity index is 277. The van der Waals surface area contributed by atoms with Crippen LogP contribution in [-0.2, 0) is 6.61 Å². The quantitative estimate of drug-likeness (QED) is 0.745. The minimum absolute atomic E-state index is 0.0507. The Kier molecular flexibility index (Phi) is 4.35. The number of hydrogen-bond acceptors (Lipinski definition) is 4. The highest BCUT2D eigenvalue weighted by atomic mass is 16.5. The maximum atomic E-state index is 8.85. The molecule has 0 saturated heterocycles. The Morgan fingerprint density at radius 2 is 2.29 bits per heavy atom. The predicted octanol–water partition coefficient (Wildman–Crippen LogP) is 0.514. The van der Waals surface area contributed by atoms with Crippen molar-refractivity contribution in [3.63, 3.8) is 0 Å². The first kappa shape index (κ1) is 10.9. The van der Waals surface area contributed by atoms with Crippen molar-refractivity contribution in [2.75, 3.05) is 27.2 Å². The van der Waals surface area contributed by atoms with Crippen LogP contribution in [0.2, 0.25) is 0 Å². The van der Waals surface area contributed by atoms with E-state index in [2.05, 4.69) is 4.98 Å². The Labute approximate surface area is 84.1 Å². The predicted molar refractivity (Wildman–Crippen MR) is 54.2 cm³/mol. The van der Waals surface area contributed by atoms with Crippen LogP contribution in [0.1, 0.15) is 5.69 Å². The van der Waals surface area contributed by atoms with Gasteiger partial charge >= 0.3 is 0 Å². The molecule has 0 unspecified atom stereocenters. The van der Waals surface area contributed by atoms with Gasteiger partial charge < -0.3 is 14.7 Å². The number of rotatable bonds is 5. The van der Waals surface area contributed by atoms with Crippen LogP contribution in [0.15, 0.2) is 18.3 Å². The fourth-order valence-corrected chi connectivity index (χ4v) is 0.978. The second-order valence-corrected chi connectivity index (χ2v) is 3.29. The molecule has 1 N–H and O–H groups in total. The Balaban J connectivity index is 2.42. The second kappa shape index (κ2) is 5.57. The SMILES string of the molecule is CN(C)CCOc1ccnc(CO)c1. The molecule has 0 saturated carbocycles. The summed E-state index contributed by atoms with van der Waals surface area (Å²) in [6.45, 7) is 1.46. The average molecular weight is 196 g/mol. The summed E-state index contributed by atoms with van der Waals surface area (Å²) in [6.07, 6.45) is 1.64. The van der Waals surface area contributed by atoms with E-state index >= 15 is 0 Å². The van der Waals surface area contributed by atoms with Gasteiger partial charge in [0.15, 0.2) is 0 Å². The molecule has 0 aliphatic rings. The van der Waals surface area contributed by atoms with Crippen LogP contribution >= 0.6 is 0 Å². The highest BCUT2D eigenvalue weighted by Gasteiger charge is 1.97. The van der Waals surface area contributed by atoms with E-state index < -0.39 is 0 Å². The molecule has 0 aliphatic heterocycles. The van der Waals surface area contributed by atoms with Gasteiger partial charge in [0, 0.05) is 18.8 Å². The Morgan fingerprint density at radius 3 is 2.93 bits per heavy atom. The van der Waals surface area contributed by atoms with Crippen molar-refractivity contribution in [2.24, 2.45) is 0 Å². The van der Waals surface area contributed by atoms with Gasteiger partial charge in [-0.3, -0.25) is 4.98 Å². The van der Waals surface area contributed by atoms with Gasteiger partial charge in [-0.05, 0) is 20.2 Å². The summed E-state index contributed by atoms with van der Waals surface area (Å²) in [4.78, 5) is 6.01. The summed E-state index contributed by atoms with van der Waals surface area (Å²) < 4.78 is 5.47. The van der Waals surface area contributed by atoms with Gasteiger partial charge in [0.25, 0.3) is 0 Å². The van der Waals surface area contributed by atoms with E-state index in [1.165, 1.54) is 0 Å². The Hall–Kier alpha value is -1.13. The summed E-state index contributed by atoms with van der Waals surface area (Å²) in [6, 6.07) is 3.53. The number of nitrogens with zero attached hydrogens (tertiary/aromatic N) is 2. The van der Waals surface area contributed by atoms with Crippen molar-refractivity contribution in [3.8, 4) is 5.75 Å². The van der Waals surface area contributed by atoms with Crippen LogP contribution in [0, 0.1) is 0 Å². The lowest BCUT2D eigenvalue weighted by Crippen LogP contribution is -2.19. The van der Waals surface area contributed by atoms with Gasteiger partial charge in [0.1, 0.15) is 12.4 Å². The van der Waals surface area contributed by atoms with Crippen LogP contribution in [0.4, 0.5) is 0 Å². The summed E-state index contributed by atoms with van der Waals surface area (Å²) in [5.41, 5.74) is 0.632. The van der Waals surface area contributed by atoms with Crippen LogP contribution in [0.3, 0.4) is 0 Å². The van der Waals surface area contributed by atoms with Crippen LogP contribution in [0.5, 0.6) is 5.75 Å². The highest BCUT2D eigenvalue weighted by molar-refractivity contribution is 5.22.